The van der Waals surface area contributed by atoms with Crippen molar-refractivity contribution in [2.24, 2.45) is 11.3 Å². The monoisotopic (exact) mass is 269 g/mol. The summed E-state index contributed by atoms with van der Waals surface area (Å²) in [6.07, 6.45) is 4.39. The van der Waals surface area contributed by atoms with Crippen LogP contribution in [-0.2, 0) is 14.3 Å². The molecule has 108 valence electrons. The molecule has 0 spiro atoms. The molecule has 5 heteroatoms. The highest BCUT2D eigenvalue weighted by molar-refractivity contribution is 5.82. The van der Waals surface area contributed by atoms with Crippen molar-refractivity contribution in [3.8, 4) is 0 Å². The van der Waals surface area contributed by atoms with Crippen LogP contribution in [0.4, 0.5) is 0 Å². The van der Waals surface area contributed by atoms with Crippen LogP contribution in [0.15, 0.2) is 0 Å². The highest BCUT2D eigenvalue weighted by Crippen LogP contribution is 2.38. The lowest BCUT2D eigenvalue weighted by molar-refractivity contribution is -0.151. The summed E-state index contributed by atoms with van der Waals surface area (Å²) < 4.78 is 5.31. The predicted octanol–water partition coefficient (Wildman–Crippen LogP) is 1.56. The Hall–Kier alpha value is -1.10. The van der Waals surface area contributed by atoms with E-state index < -0.39 is 11.4 Å². The van der Waals surface area contributed by atoms with Crippen molar-refractivity contribution >= 4 is 11.9 Å². The molecule has 1 heterocycles. The highest BCUT2D eigenvalue weighted by Gasteiger charge is 2.41. The fourth-order valence-electron chi connectivity index (χ4n) is 2.94. The molecular formula is C14H23NO4. The van der Waals surface area contributed by atoms with Crippen molar-refractivity contribution in [3.05, 3.63) is 0 Å². The van der Waals surface area contributed by atoms with E-state index in [2.05, 4.69) is 12.2 Å². The molecule has 1 aliphatic heterocycles. The van der Waals surface area contributed by atoms with E-state index in [9.17, 15) is 14.7 Å². The molecule has 2 rings (SSSR count). The van der Waals surface area contributed by atoms with E-state index in [0.717, 1.165) is 25.7 Å². The molecule has 5 nitrogen and oxygen atoms in total. The predicted molar refractivity (Wildman–Crippen MR) is 69.7 cm³/mol. The maximum absolute atomic E-state index is 11.9. The van der Waals surface area contributed by atoms with E-state index in [0.29, 0.717) is 25.4 Å². The lowest BCUT2D eigenvalue weighted by Gasteiger charge is -2.36. The molecule has 19 heavy (non-hydrogen) atoms. The van der Waals surface area contributed by atoms with Crippen LogP contribution in [0.25, 0.3) is 0 Å². The van der Waals surface area contributed by atoms with Gasteiger partial charge in [0.05, 0.1) is 5.41 Å². The summed E-state index contributed by atoms with van der Waals surface area (Å²) in [5.41, 5.74) is -0.777. The SMILES string of the molecule is CC1CCC(CNC(=O)C2CCCO2)(C(=O)O)CC1. The smallest absolute Gasteiger partial charge is 0.311 e. The number of rotatable bonds is 4. The van der Waals surface area contributed by atoms with Gasteiger partial charge < -0.3 is 15.2 Å². The van der Waals surface area contributed by atoms with E-state index >= 15 is 0 Å². The van der Waals surface area contributed by atoms with Gasteiger partial charge in [0.1, 0.15) is 6.10 Å². The molecular weight excluding hydrogens is 246 g/mol. The third kappa shape index (κ3) is 3.26. The van der Waals surface area contributed by atoms with Gasteiger partial charge in [-0.05, 0) is 44.4 Å². The lowest BCUT2D eigenvalue weighted by atomic mass is 9.71. The molecule has 1 amide bonds. The lowest BCUT2D eigenvalue weighted by Crippen LogP contribution is -2.47. The quantitative estimate of drug-likeness (QED) is 0.812. The van der Waals surface area contributed by atoms with Crippen LogP contribution in [0.3, 0.4) is 0 Å². The van der Waals surface area contributed by atoms with Gasteiger partial charge in [0.15, 0.2) is 0 Å². The zero-order chi connectivity index (χ0) is 13.9. The number of carboxylic acids is 1. The molecule has 0 radical (unpaired) electrons. The molecule has 0 aromatic rings. The van der Waals surface area contributed by atoms with Crippen LogP contribution in [0, 0.1) is 11.3 Å². The fraction of sp³-hybridized carbons (Fsp3) is 0.857. The van der Waals surface area contributed by atoms with Crippen molar-refractivity contribution in [1.29, 1.82) is 0 Å². The largest absolute Gasteiger partial charge is 0.481 e. The molecule has 1 atom stereocenters. The van der Waals surface area contributed by atoms with Crippen molar-refractivity contribution in [2.45, 2.75) is 51.6 Å². The highest BCUT2D eigenvalue weighted by atomic mass is 16.5. The Morgan fingerprint density at radius 2 is 2.00 bits per heavy atom. The summed E-state index contributed by atoms with van der Waals surface area (Å²) in [6.45, 7) is 3.00. The molecule has 1 unspecified atom stereocenters. The normalized spacial score (nSPS) is 35.0. The Bertz CT molecular complexity index is 341. The Balaban J connectivity index is 1.90. The summed E-state index contributed by atoms with van der Waals surface area (Å²) in [7, 11) is 0. The first kappa shape index (κ1) is 14.3. The van der Waals surface area contributed by atoms with Crippen LogP contribution in [0.2, 0.25) is 0 Å². The van der Waals surface area contributed by atoms with Gasteiger partial charge in [0.25, 0.3) is 0 Å². The Labute approximate surface area is 113 Å². The standard InChI is InChI=1S/C14H23NO4/c1-10-4-6-14(7-5-10,13(17)18)9-15-12(16)11-3-2-8-19-11/h10-11H,2-9H2,1H3,(H,15,16)(H,17,18). The van der Waals surface area contributed by atoms with E-state index in [1.54, 1.807) is 0 Å². The minimum atomic E-state index is -0.785. The van der Waals surface area contributed by atoms with Crippen LogP contribution in [-0.4, -0.2) is 36.2 Å². The fourth-order valence-corrected chi connectivity index (χ4v) is 2.94. The maximum atomic E-state index is 11.9. The molecule has 1 aliphatic carbocycles. The summed E-state index contributed by atoms with van der Waals surface area (Å²) in [5, 5.41) is 12.3. The number of carbonyl (C=O) groups is 2. The minimum Gasteiger partial charge on any atom is -0.481 e. The van der Waals surface area contributed by atoms with Gasteiger partial charge in [-0.15, -0.1) is 0 Å². The number of carbonyl (C=O) groups excluding carboxylic acids is 1. The second kappa shape index (κ2) is 5.90. The first-order valence-electron chi connectivity index (χ1n) is 7.16. The molecule has 1 saturated carbocycles. The van der Waals surface area contributed by atoms with Gasteiger partial charge in [-0.25, -0.2) is 0 Å². The molecule has 0 bridgehead atoms. The summed E-state index contributed by atoms with van der Waals surface area (Å²) in [6, 6.07) is 0. The minimum absolute atomic E-state index is 0.156. The summed E-state index contributed by atoms with van der Waals surface area (Å²) >= 11 is 0. The van der Waals surface area contributed by atoms with Crippen LogP contribution < -0.4 is 5.32 Å². The van der Waals surface area contributed by atoms with Crippen molar-refractivity contribution in [1.82, 2.24) is 5.32 Å². The number of carboxylic acid groups (broad SMARTS) is 1. The van der Waals surface area contributed by atoms with E-state index in [-0.39, 0.29) is 18.6 Å². The Morgan fingerprint density at radius 3 is 2.53 bits per heavy atom. The molecule has 2 fully saturated rings. The van der Waals surface area contributed by atoms with Gasteiger partial charge in [-0.3, -0.25) is 9.59 Å². The van der Waals surface area contributed by atoms with Crippen molar-refractivity contribution in [3.63, 3.8) is 0 Å². The van der Waals surface area contributed by atoms with Crippen LogP contribution >= 0.6 is 0 Å². The number of nitrogens with one attached hydrogen (secondary N) is 1. The molecule has 2 aliphatic rings. The van der Waals surface area contributed by atoms with Crippen LogP contribution in [0.5, 0.6) is 0 Å². The summed E-state index contributed by atoms with van der Waals surface area (Å²) in [5.74, 6) is -0.356. The molecule has 1 saturated heterocycles. The van der Waals surface area contributed by atoms with Gasteiger partial charge in [0, 0.05) is 13.2 Å². The van der Waals surface area contributed by atoms with Gasteiger partial charge in [-0.1, -0.05) is 6.92 Å². The Morgan fingerprint density at radius 1 is 1.32 bits per heavy atom. The van der Waals surface area contributed by atoms with Gasteiger partial charge in [0.2, 0.25) is 5.91 Å². The van der Waals surface area contributed by atoms with E-state index in [1.807, 2.05) is 0 Å². The Kier molecular flexibility index (Phi) is 4.45. The second-order valence-corrected chi connectivity index (χ2v) is 5.99. The van der Waals surface area contributed by atoms with Crippen molar-refractivity contribution in [2.75, 3.05) is 13.2 Å². The average Bonchev–Trinajstić information content (AvgIpc) is 2.92. The first-order chi connectivity index (χ1) is 9.03. The molecule has 0 aromatic heterocycles. The van der Waals surface area contributed by atoms with Gasteiger partial charge in [-0.2, -0.15) is 0 Å². The first-order valence-corrected chi connectivity index (χ1v) is 7.16. The van der Waals surface area contributed by atoms with Crippen molar-refractivity contribution < 1.29 is 19.4 Å². The third-order valence-corrected chi connectivity index (χ3v) is 4.51. The third-order valence-electron chi connectivity index (χ3n) is 4.51. The zero-order valence-corrected chi connectivity index (χ0v) is 11.5. The van der Waals surface area contributed by atoms with Crippen LogP contribution in [0.1, 0.15) is 45.4 Å². The number of aliphatic carboxylic acids is 1. The van der Waals surface area contributed by atoms with E-state index in [4.69, 9.17) is 4.74 Å². The average molecular weight is 269 g/mol. The van der Waals surface area contributed by atoms with Gasteiger partial charge >= 0.3 is 5.97 Å². The number of amides is 1. The molecule has 2 N–H and O–H groups in total. The number of hydrogen-bond donors (Lipinski definition) is 2. The topological polar surface area (TPSA) is 75.6 Å². The second-order valence-electron chi connectivity index (χ2n) is 5.99. The maximum Gasteiger partial charge on any atom is 0.311 e. The summed E-state index contributed by atoms with van der Waals surface area (Å²) in [4.78, 5) is 23.4. The number of hydrogen-bond acceptors (Lipinski definition) is 3. The van der Waals surface area contributed by atoms with E-state index in [1.165, 1.54) is 0 Å². The number of ether oxygens (including phenoxy) is 1. The zero-order valence-electron chi connectivity index (χ0n) is 11.5. The molecule has 0 aromatic carbocycles.